The number of carboxylic acids is 1. The highest BCUT2D eigenvalue weighted by Crippen LogP contribution is 2.31. The van der Waals surface area contributed by atoms with Gasteiger partial charge >= 0.3 is 5.97 Å². The summed E-state index contributed by atoms with van der Waals surface area (Å²) in [6, 6.07) is 5.12. The molecule has 1 fully saturated rings. The van der Waals surface area contributed by atoms with Crippen LogP contribution in [-0.4, -0.2) is 17.6 Å². The van der Waals surface area contributed by atoms with Crippen LogP contribution >= 0.6 is 0 Å². The summed E-state index contributed by atoms with van der Waals surface area (Å²) in [4.78, 5) is 11.0. The standard InChI is InChI=1S/C16H24N2O2/c1-2-11-6-8-12(9-7-11)10-18-14-5-3-4-13(15(14)17)16(19)20/h3-5,11-12,18H,2,6-10,17H2,1H3,(H,19,20). The molecule has 0 aliphatic heterocycles. The van der Waals surface area contributed by atoms with Crippen LogP contribution in [0, 0.1) is 11.8 Å². The average Bonchev–Trinajstić information content (AvgIpc) is 2.46. The van der Waals surface area contributed by atoms with Crippen LogP contribution in [0.15, 0.2) is 18.2 Å². The predicted molar refractivity (Wildman–Crippen MR) is 82.0 cm³/mol. The van der Waals surface area contributed by atoms with Gasteiger partial charge in [-0.05, 0) is 36.8 Å². The number of nitrogens with two attached hydrogens (primary N) is 1. The number of carbonyl (C=O) groups is 1. The molecule has 1 aliphatic carbocycles. The first-order chi connectivity index (χ1) is 9.61. The Morgan fingerprint density at radius 3 is 2.55 bits per heavy atom. The van der Waals surface area contributed by atoms with Crippen LogP contribution in [0.3, 0.4) is 0 Å². The molecular formula is C16H24N2O2. The minimum atomic E-state index is -0.977. The summed E-state index contributed by atoms with van der Waals surface area (Å²) >= 11 is 0. The first-order valence-corrected chi connectivity index (χ1v) is 7.47. The lowest BCUT2D eigenvalue weighted by Gasteiger charge is -2.28. The molecule has 0 bridgehead atoms. The van der Waals surface area contributed by atoms with Crippen LogP contribution in [-0.2, 0) is 0 Å². The summed E-state index contributed by atoms with van der Waals surface area (Å²) in [7, 11) is 0. The summed E-state index contributed by atoms with van der Waals surface area (Å²) in [6.45, 7) is 3.14. The molecule has 4 heteroatoms. The number of carboxylic acid groups (broad SMARTS) is 1. The second-order valence-corrected chi connectivity index (χ2v) is 5.75. The van der Waals surface area contributed by atoms with E-state index in [4.69, 9.17) is 10.8 Å². The van der Waals surface area contributed by atoms with Crippen LogP contribution in [0.5, 0.6) is 0 Å². The maximum atomic E-state index is 11.0. The van der Waals surface area contributed by atoms with Gasteiger partial charge in [0.15, 0.2) is 0 Å². The Morgan fingerprint density at radius 1 is 1.30 bits per heavy atom. The molecular weight excluding hydrogens is 252 g/mol. The van der Waals surface area contributed by atoms with E-state index in [0.717, 1.165) is 18.2 Å². The van der Waals surface area contributed by atoms with Crippen LogP contribution in [0.4, 0.5) is 11.4 Å². The second kappa shape index (κ2) is 6.64. The molecule has 0 atom stereocenters. The van der Waals surface area contributed by atoms with Crippen LogP contribution in [0.25, 0.3) is 0 Å². The van der Waals surface area contributed by atoms with E-state index in [9.17, 15) is 4.79 Å². The SMILES string of the molecule is CCC1CCC(CNc2cccc(C(=O)O)c2N)CC1. The van der Waals surface area contributed by atoms with Crippen LogP contribution in [0.1, 0.15) is 49.4 Å². The Kier molecular flexibility index (Phi) is 4.88. The van der Waals surface area contributed by atoms with Crippen molar-refractivity contribution in [3.8, 4) is 0 Å². The Bertz CT molecular complexity index is 466. The van der Waals surface area contributed by atoms with Gasteiger partial charge in [0.2, 0.25) is 0 Å². The number of benzene rings is 1. The summed E-state index contributed by atoms with van der Waals surface area (Å²) in [6.07, 6.45) is 6.42. The Hall–Kier alpha value is -1.71. The van der Waals surface area contributed by atoms with Gasteiger partial charge < -0.3 is 16.2 Å². The molecule has 4 nitrogen and oxygen atoms in total. The molecule has 0 saturated heterocycles. The van der Waals surface area contributed by atoms with Gasteiger partial charge in [-0.15, -0.1) is 0 Å². The van der Waals surface area contributed by atoms with Crippen molar-refractivity contribution in [1.82, 2.24) is 0 Å². The van der Waals surface area contributed by atoms with E-state index in [1.54, 1.807) is 6.07 Å². The van der Waals surface area contributed by atoms with E-state index in [0.29, 0.717) is 11.6 Å². The lowest BCUT2D eigenvalue weighted by Crippen LogP contribution is -2.21. The van der Waals surface area contributed by atoms with E-state index >= 15 is 0 Å². The third kappa shape index (κ3) is 3.44. The molecule has 1 aromatic rings. The maximum Gasteiger partial charge on any atom is 0.337 e. The lowest BCUT2D eigenvalue weighted by molar-refractivity contribution is 0.0698. The number of anilines is 2. The van der Waals surface area contributed by atoms with E-state index in [1.165, 1.54) is 38.2 Å². The number of hydrogen-bond acceptors (Lipinski definition) is 3. The highest BCUT2D eigenvalue weighted by atomic mass is 16.4. The predicted octanol–water partition coefficient (Wildman–Crippen LogP) is 3.60. The average molecular weight is 276 g/mol. The minimum Gasteiger partial charge on any atom is -0.478 e. The van der Waals surface area contributed by atoms with Crippen LogP contribution < -0.4 is 11.1 Å². The van der Waals surface area contributed by atoms with Gasteiger partial charge in [-0.25, -0.2) is 4.79 Å². The molecule has 0 spiro atoms. The van der Waals surface area contributed by atoms with E-state index in [2.05, 4.69) is 12.2 Å². The van der Waals surface area contributed by atoms with Crippen molar-refractivity contribution in [2.45, 2.75) is 39.0 Å². The normalized spacial score (nSPS) is 22.4. The minimum absolute atomic E-state index is 0.171. The molecule has 0 aromatic heterocycles. The molecule has 0 radical (unpaired) electrons. The monoisotopic (exact) mass is 276 g/mol. The number of hydrogen-bond donors (Lipinski definition) is 3. The third-order valence-corrected chi connectivity index (χ3v) is 4.46. The van der Waals surface area contributed by atoms with Gasteiger partial charge in [0.25, 0.3) is 0 Å². The van der Waals surface area contributed by atoms with Gasteiger partial charge in [-0.2, -0.15) is 0 Å². The molecule has 2 rings (SSSR count). The third-order valence-electron chi connectivity index (χ3n) is 4.46. The van der Waals surface area contributed by atoms with Crippen molar-refractivity contribution in [1.29, 1.82) is 0 Å². The van der Waals surface area contributed by atoms with Gasteiger partial charge in [0.05, 0.1) is 16.9 Å². The van der Waals surface area contributed by atoms with Crippen LogP contribution in [0.2, 0.25) is 0 Å². The fourth-order valence-electron chi connectivity index (χ4n) is 3.00. The Morgan fingerprint density at radius 2 is 1.95 bits per heavy atom. The molecule has 1 saturated carbocycles. The van der Waals surface area contributed by atoms with Crippen molar-refractivity contribution in [3.05, 3.63) is 23.8 Å². The zero-order valence-corrected chi connectivity index (χ0v) is 12.1. The largest absolute Gasteiger partial charge is 0.478 e. The first-order valence-electron chi connectivity index (χ1n) is 7.47. The molecule has 20 heavy (non-hydrogen) atoms. The van der Waals surface area contributed by atoms with E-state index in [1.807, 2.05) is 6.07 Å². The maximum absolute atomic E-state index is 11.0. The topological polar surface area (TPSA) is 75.3 Å². The fraction of sp³-hybridized carbons (Fsp3) is 0.562. The van der Waals surface area contributed by atoms with Gasteiger partial charge in [-0.1, -0.05) is 32.3 Å². The van der Waals surface area contributed by atoms with Gasteiger partial charge in [0.1, 0.15) is 0 Å². The number of nitrogen functional groups attached to an aromatic ring is 1. The first kappa shape index (κ1) is 14.7. The number of nitrogens with one attached hydrogen (secondary N) is 1. The number of aromatic carboxylic acids is 1. The van der Waals surface area contributed by atoms with Crippen molar-refractivity contribution in [3.63, 3.8) is 0 Å². The smallest absolute Gasteiger partial charge is 0.337 e. The van der Waals surface area contributed by atoms with Gasteiger partial charge in [-0.3, -0.25) is 0 Å². The summed E-state index contributed by atoms with van der Waals surface area (Å²) in [5, 5.41) is 12.4. The highest BCUT2D eigenvalue weighted by Gasteiger charge is 2.20. The zero-order valence-electron chi connectivity index (χ0n) is 12.1. The lowest BCUT2D eigenvalue weighted by atomic mass is 9.81. The fourth-order valence-corrected chi connectivity index (χ4v) is 3.00. The number of rotatable bonds is 5. The Balaban J connectivity index is 1.92. The van der Waals surface area contributed by atoms with Crippen molar-refractivity contribution >= 4 is 17.3 Å². The molecule has 0 amide bonds. The quantitative estimate of drug-likeness (QED) is 0.718. The summed E-state index contributed by atoms with van der Waals surface area (Å²) in [5.74, 6) is 0.590. The summed E-state index contributed by atoms with van der Waals surface area (Å²) in [5.41, 5.74) is 7.14. The zero-order chi connectivity index (χ0) is 14.5. The summed E-state index contributed by atoms with van der Waals surface area (Å²) < 4.78 is 0. The number of para-hydroxylation sites is 1. The molecule has 110 valence electrons. The molecule has 1 aromatic carbocycles. The van der Waals surface area contributed by atoms with Crippen molar-refractivity contribution in [2.24, 2.45) is 11.8 Å². The highest BCUT2D eigenvalue weighted by molar-refractivity contribution is 5.97. The van der Waals surface area contributed by atoms with E-state index in [-0.39, 0.29) is 5.56 Å². The van der Waals surface area contributed by atoms with Crippen molar-refractivity contribution < 1.29 is 9.90 Å². The van der Waals surface area contributed by atoms with Gasteiger partial charge in [0, 0.05) is 6.54 Å². The second-order valence-electron chi connectivity index (χ2n) is 5.75. The van der Waals surface area contributed by atoms with E-state index < -0.39 is 5.97 Å². The molecule has 4 N–H and O–H groups in total. The molecule has 0 unspecified atom stereocenters. The molecule has 1 aliphatic rings. The Labute approximate surface area is 120 Å². The van der Waals surface area contributed by atoms with Crippen molar-refractivity contribution in [2.75, 3.05) is 17.6 Å². The molecule has 0 heterocycles.